The standard InChI is InChI=1S/C13H14ClN3O/c1-8-3-4-11(14)5-12(8)18-13-16-7-10(6-15)9(2)17-13/h3-5,7H,6,15H2,1-2H3. The second-order valence-corrected chi connectivity index (χ2v) is 4.42. The largest absolute Gasteiger partial charge is 0.424 e. The van der Waals surface area contributed by atoms with Gasteiger partial charge in [0.1, 0.15) is 5.75 Å². The summed E-state index contributed by atoms with van der Waals surface area (Å²) in [5, 5.41) is 0.617. The maximum absolute atomic E-state index is 5.92. The molecule has 1 heterocycles. The molecule has 0 aliphatic carbocycles. The van der Waals surface area contributed by atoms with Crippen molar-refractivity contribution in [2.24, 2.45) is 5.73 Å². The van der Waals surface area contributed by atoms with Gasteiger partial charge in [-0.3, -0.25) is 0 Å². The van der Waals surface area contributed by atoms with Crippen LogP contribution in [0.5, 0.6) is 11.8 Å². The number of rotatable bonds is 3. The SMILES string of the molecule is Cc1ccc(Cl)cc1Oc1ncc(CN)c(C)n1. The van der Waals surface area contributed by atoms with Crippen LogP contribution < -0.4 is 10.5 Å². The highest BCUT2D eigenvalue weighted by molar-refractivity contribution is 6.30. The van der Waals surface area contributed by atoms with Crippen LogP contribution in [0.3, 0.4) is 0 Å². The molecule has 2 N–H and O–H groups in total. The van der Waals surface area contributed by atoms with Gasteiger partial charge in [-0.05, 0) is 31.5 Å². The summed E-state index contributed by atoms with van der Waals surface area (Å²) in [6, 6.07) is 5.74. The number of nitrogens with two attached hydrogens (primary N) is 1. The summed E-state index contributed by atoms with van der Waals surface area (Å²) in [6.07, 6.45) is 1.68. The first-order chi connectivity index (χ1) is 8.60. The van der Waals surface area contributed by atoms with Crippen LogP contribution in [-0.2, 0) is 6.54 Å². The minimum atomic E-state index is 0.301. The van der Waals surface area contributed by atoms with Gasteiger partial charge < -0.3 is 10.5 Å². The zero-order valence-corrected chi connectivity index (χ0v) is 11.0. The predicted molar refractivity (Wildman–Crippen MR) is 70.9 cm³/mol. The highest BCUT2D eigenvalue weighted by Gasteiger charge is 2.07. The highest BCUT2D eigenvalue weighted by atomic mass is 35.5. The lowest BCUT2D eigenvalue weighted by atomic mass is 10.2. The number of benzene rings is 1. The van der Waals surface area contributed by atoms with E-state index in [-0.39, 0.29) is 0 Å². The number of aryl methyl sites for hydroxylation is 2. The summed E-state index contributed by atoms with van der Waals surface area (Å²) < 4.78 is 5.62. The molecule has 2 aromatic rings. The molecule has 1 aromatic heterocycles. The molecule has 0 aliphatic heterocycles. The molecule has 0 saturated heterocycles. The lowest BCUT2D eigenvalue weighted by Gasteiger charge is -2.09. The quantitative estimate of drug-likeness (QED) is 0.925. The van der Waals surface area contributed by atoms with Crippen LogP contribution in [-0.4, -0.2) is 9.97 Å². The van der Waals surface area contributed by atoms with Gasteiger partial charge in [0, 0.05) is 29.0 Å². The molecule has 0 radical (unpaired) electrons. The van der Waals surface area contributed by atoms with Crippen molar-refractivity contribution in [3.63, 3.8) is 0 Å². The smallest absolute Gasteiger partial charge is 0.322 e. The van der Waals surface area contributed by atoms with Gasteiger partial charge in [-0.15, -0.1) is 0 Å². The van der Waals surface area contributed by atoms with E-state index in [9.17, 15) is 0 Å². The minimum absolute atomic E-state index is 0.301. The van der Waals surface area contributed by atoms with Gasteiger partial charge in [-0.2, -0.15) is 4.98 Å². The fourth-order valence-corrected chi connectivity index (χ4v) is 1.66. The fraction of sp³-hybridized carbons (Fsp3) is 0.231. The molecule has 1 aromatic carbocycles. The maximum Gasteiger partial charge on any atom is 0.322 e. The summed E-state index contributed by atoms with van der Waals surface area (Å²) in [5.41, 5.74) is 8.26. The maximum atomic E-state index is 5.92. The Balaban J connectivity index is 2.28. The Morgan fingerprint density at radius 1 is 1.33 bits per heavy atom. The van der Waals surface area contributed by atoms with E-state index in [0.717, 1.165) is 16.8 Å². The number of hydrogen-bond donors (Lipinski definition) is 1. The molecule has 94 valence electrons. The van der Waals surface area contributed by atoms with Crippen LogP contribution in [0, 0.1) is 13.8 Å². The van der Waals surface area contributed by atoms with Gasteiger partial charge in [-0.25, -0.2) is 4.98 Å². The Morgan fingerprint density at radius 3 is 2.78 bits per heavy atom. The number of nitrogens with zero attached hydrogens (tertiary/aromatic N) is 2. The number of aromatic nitrogens is 2. The van der Waals surface area contributed by atoms with E-state index in [1.807, 2.05) is 26.0 Å². The van der Waals surface area contributed by atoms with Crippen molar-refractivity contribution < 1.29 is 4.74 Å². The number of hydrogen-bond acceptors (Lipinski definition) is 4. The summed E-state index contributed by atoms with van der Waals surface area (Å²) >= 11 is 5.92. The lowest BCUT2D eigenvalue weighted by molar-refractivity contribution is 0.436. The molecule has 4 nitrogen and oxygen atoms in total. The lowest BCUT2D eigenvalue weighted by Crippen LogP contribution is -2.03. The van der Waals surface area contributed by atoms with E-state index in [2.05, 4.69) is 9.97 Å². The zero-order valence-electron chi connectivity index (χ0n) is 10.3. The van der Waals surface area contributed by atoms with E-state index in [1.54, 1.807) is 12.3 Å². The molecule has 0 bridgehead atoms. The van der Waals surface area contributed by atoms with Crippen molar-refractivity contribution >= 4 is 11.6 Å². The Kier molecular flexibility index (Phi) is 3.79. The Hall–Kier alpha value is -1.65. The fourth-order valence-electron chi connectivity index (χ4n) is 1.50. The normalized spacial score (nSPS) is 10.4. The van der Waals surface area contributed by atoms with Crippen molar-refractivity contribution in [2.75, 3.05) is 0 Å². The number of ether oxygens (including phenoxy) is 1. The van der Waals surface area contributed by atoms with Gasteiger partial charge in [0.25, 0.3) is 0 Å². The average molecular weight is 264 g/mol. The van der Waals surface area contributed by atoms with E-state index in [0.29, 0.717) is 23.3 Å². The van der Waals surface area contributed by atoms with Crippen LogP contribution in [0.4, 0.5) is 0 Å². The summed E-state index contributed by atoms with van der Waals surface area (Å²) in [5.74, 6) is 0.655. The van der Waals surface area contributed by atoms with Crippen molar-refractivity contribution in [1.82, 2.24) is 9.97 Å². The third kappa shape index (κ3) is 2.78. The second kappa shape index (κ2) is 5.33. The van der Waals surface area contributed by atoms with Crippen LogP contribution in [0.1, 0.15) is 16.8 Å². The predicted octanol–water partition coefficient (Wildman–Crippen LogP) is 3.00. The minimum Gasteiger partial charge on any atom is -0.424 e. The van der Waals surface area contributed by atoms with Crippen LogP contribution in [0.2, 0.25) is 5.02 Å². The van der Waals surface area contributed by atoms with Gasteiger partial charge >= 0.3 is 6.01 Å². The molecule has 0 spiro atoms. The molecule has 5 heteroatoms. The van der Waals surface area contributed by atoms with E-state index in [1.165, 1.54) is 0 Å². The summed E-state index contributed by atoms with van der Waals surface area (Å²) in [6.45, 7) is 4.23. The van der Waals surface area contributed by atoms with E-state index in [4.69, 9.17) is 22.1 Å². The van der Waals surface area contributed by atoms with Crippen molar-refractivity contribution in [2.45, 2.75) is 20.4 Å². The first-order valence-corrected chi connectivity index (χ1v) is 5.94. The van der Waals surface area contributed by atoms with Gasteiger partial charge in [0.05, 0.1) is 0 Å². The molecule has 0 amide bonds. The summed E-state index contributed by atoms with van der Waals surface area (Å²) in [4.78, 5) is 8.37. The molecule has 0 saturated carbocycles. The van der Waals surface area contributed by atoms with Gasteiger partial charge in [-0.1, -0.05) is 17.7 Å². The van der Waals surface area contributed by atoms with Crippen LogP contribution in [0.25, 0.3) is 0 Å². The van der Waals surface area contributed by atoms with Gasteiger partial charge in [0.2, 0.25) is 0 Å². The second-order valence-electron chi connectivity index (χ2n) is 3.98. The van der Waals surface area contributed by atoms with E-state index >= 15 is 0 Å². The molecule has 0 unspecified atom stereocenters. The van der Waals surface area contributed by atoms with Crippen LogP contribution in [0.15, 0.2) is 24.4 Å². The van der Waals surface area contributed by atoms with Crippen molar-refractivity contribution in [1.29, 1.82) is 0 Å². The molecule has 2 rings (SSSR count). The Morgan fingerprint density at radius 2 is 2.11 bits per heavy atom. The monoisotopic (exact) mass is 263 g/mol. The molecule has 0 aliphatic rings. The van der Waals surface area contributed by atoms with Crippen molar-refractivity contribution in [3.8, 4) is 11.8 Å². The third-order valence-electron chi connectivity index (χ3n) is 2.63. The topological polar surface area (TPSA) is 61.0 Å². The summed E-state index contributed by atoms with van der Waals surface area (Å²) in [7, 11) is 0. The molecular weight excluding hydrogens is 250 g/mol. The molecule has 18 heavy (non-hydrogen) atoms. The Labute approximate surface area is 111 Å². The van der Waals surface area contributed by atoms with Gasteiger partial charge in [0.15, 0.2) is 0 Å². The number of halogens is 1. The molecular formula is C13H14ClN3O. The average Bonchev–Trinajstić information content (AvgIpc) is 2.34. The zero-order chi connectivity index (χ0) is 13.1. The molecule has 0 fully saturated rings. The first kappa shape index (κ1) is 12.8. The highest BCUT2D eigenvalue weighted by Crippen LogP contribution is 2.26. The van der Waals surface area contributed by atoms with Crippen molar-refractivity contribution in [3.05, 3.63) is 46.2 Å². The third-order valence-corrected chi connectivity index (χ3v) is 2.87. The first-order valence-electron chi connectivity index (χ1n) is 5.56. The van der Waals surface area contributed by atoms with E-state index < -0.39 is 0 Å². The Bertz CT molecular complexity index is 572. The van der Waals surface area contributed by atoms with Crippen LogP contribution >= 0.6 is 11.6 Å². The molecule has 0 atom stereocenters.